The van der Waals surface area contributed by atoms with E-state index in [1.165, 1.54) is 0 Å². The van der Waals surface area contributed by atoms with Gasteiger partial charge in [0.2, 0.25) is 5.91 Å². The number of carbonyl (C=O) groups excluding carboxylic acids is 2. The maximum atomic E-state index is 12.9. The third-order valence-electron chi connectivity index (χ3n) is 4.71. The van der Waals surface area contributed by atoms with Crippen molar-refractivity contribution in [2.75, 3.05) is 20.2 Å². The summed E-state index contributed by atoms with van der Waals surface area (Å²) in [6.07, 6.45) is 1.78. The number of piperidine rings is 1. The van der Waals surface area contributed by atoms with Crippen LogP contribution in [0.5, 0.6) is 5.75 Å². The van der Waals surface area contributed by atoms with Gasteiger partial charge < -0.3 is 20.7 Å². The number of amides is 2. The molecule has 142 valence electrons. The van der Waals surface area contributed by atoms with Crippen molar-refractivity contribution in [3.8, 4) is 5.75 Å². The highest BCUT2D eigenvalue weighted by Gasteiger charge is 2.26. The van der Waals surface area contributed by atoms with Crippen LogP contribution in [0.1, 0.15) is 34.8 Å². The molecule has 0 aliphatic carbocycles. The zero-order valence-electron chi connectivity index (χ0n) is 15.4. The number of hydrogen-bond acceptors (Lipinski definition) is 4. The van der Waals surface area contributed by atoms with Gasteiger partial charge in [-0.2, -0.15) is 0 Å². The minimum absolute atomic E-state index is 0.128. The van der Waals surface area contributed by atoms with E-state index < -0.39 is 6.04 Å². The number of benzene rings is 2. The number of methoxy groups -OCH3 is 1. The molecule has 1 fully saturated rings. The molecule has 3 N–H and O–H groups in total. The van der Waals surface area contributed by atoms with Crippen LogP contribution in [0.2, 0.25) is 0 Å². The van der Waals surface area contributed by atoms with E-state index in [2.05, 4.69) is 16.0 Å². The minimum atomic E-state index is -0.740. The summed E-state index contributed by atoms with van der Waals surface area (Å²) in [5.41, 5.74) is 1.23. The smallest absolute Gasteiger partial charge is 0.252 e. The van der Waals surface area contributed by atoms with Gasteiger partial charge in [0.25, 0.3) is 5.91 Å². The zero-order valence-corrected chi connectivity index (χ0v) is 15.4. The lowest BCUT2D eigenvalue weighted by molar-refractivity contribution is -0.124. The van der Waals surface area contributed by atoms with E-state index >= 15 is 0 Å². The normalized spacial score (nSPS) is 15.6. The topological polar surface area (TPSA) is 79.5 Å². The van der Waals surface area contributed by atoms with Crippen LogP contribution in [-0.4, -0.2) is 38.1 Å². The van der Waals surface area contributed by atoms with Gasteiger partial charge in [0.15, 0.2) is 0 Å². The average molecular weight is 367 g/mol. The van der Waals surface area contributed by atoms with Gasteiger partial charge >= 0.3 is 0 Å². The first kappa shape index (κ1) is 18.9. The van der Waals surface area contributed by atoms with Crippen molar-refractivity contribution in [2.24, 2.45) is 0 Å². The Morgan fingerprint density at radius 3 is 2.33 bits per heavy atom. The van der Waals surface area contributed by atoms with Crippen molar-refractivity contribution < 1.29 is 14.3 Å². The molecule has 3 rings (SSSR count). The molecule has 0 saturated carbocycles. The molecule has 2 aromatic carbocycles. The van der Waals surface area contributed by atoms with Gasteiger partial charge in [-0.1, -0.05) is 30.3 Å². The Kier molecular flexibility index (Phi) is 6.44. The second kappa shape index (κ2) is 9.19. The van der Waals surface area contributed by atoms with Crippen molar-refractivity contribution in [3.63, 3.8) is 0 Å². The summed E-state index contributed by atoms with van der Waals surface area (Å²) in [5.74, 6) is 0.191. The van der Waals surface area contributed by atoms with E-state index in [4.69, 9.17) is 4.74 Å². The molecular weight excluding hydrogens is 342 g/mol. The second-order valence-corrected chi connectivity index (χ2v) is 6.58. The van der Waals surface area contributed by atoms with Crippen molar-refractivity contribution in [3.05, 3.63) is 65.7 Å². The van der Waals surface area contributed by atoms with Gasteiger partial charge in [-0.3, -0.25) is 9.59 Å². The zero-order chi connectivity index (χ0) is 19.1. The first-order chi connectivity index (χ1) is 13.2. The molecule has 0 bridgehead atoms. The van der Waals surface area contributed by atoms with Crippen LogP contribution >= 0.6 is 0 Å². The molecule has 0 unspecified atom stereocenters. The van der Waals surface area contributed by atoms with Gasteiger partial charge in [0, 0.05) is 11.6 Å². The molecule has 0 spiro atoms. The highest BCUT2D eigenvalue weighted by atomic mass is 16.5. The highest BCUT2D eigenvalue weighted by Crippen LogP contribution is 2.17. The molecular formula is C21H25N3O3. The summed E-state index contributed by atoms with van der Waals surface area (Å²) >= 11 is 0. The van der Waals surface area contributed by atoms with Crippen LogP contribution in [-0.2, 0) is 4.79 Å². The minimum Gasteiger partial charge on any atom is -0.497 e. The predicted molar refractivity (Wildman–Crippen MR) is 104 cm³/mol. The van der Waals surface area contributed by atoms with Crippen molar-refractivity contribution >= 4 is 11.8 Å². The van der Waals surface area contributed by atoms with Gasteiger partial charge in [-0.15, -0.1) is 0 Å². The van der Waals surface area contributed by atoms with Crippen LogP contribution in [0.4, 0.5) is 0 Å². The van der Waals surface area contributed by atoms with Crippen LogP contribution in [0.3, 0.4) is 0 Å². The van der Waals surface area contributed by atoms with E-state index in [0.717, 1.165) is 31.5 Å². The van der Waals surface area contributed by atoms with Crippen LogP contribution in [0.25, 0.3) is 0 Å². The lowest BCUT2D eigenvalue weighted by Crippen LogP contribution is -2.47. The van der Waals surface area contributed by atoms with E-state index in [-0.39, 0.29) is 17.9 Å². The molecule has 1 aliphatic rings. The summed E-state index contributed by atoms with van der Waals surface area (Å²) in [7, 11) is 1.58. The molecule has 1 saturated heterocycles. The Labute approximate surface area is 159 Å². The Morgan fingerprint density at radius 1 is 1.04 bits per heavy atom. The average Bonchev–Trinajstić information content (AvgIpc) is 2.73. The van der Waals surface area contributed by atoms with Gasteiger partial charge in [0.05, 0.1) is 7.11 Å². The molecule has 2 amide bonds. The molecule has 6 heteroatoms. The van der Waals surface area contributed by atoms with Gasteiger partial charge in [-0.05, 0) is 55.8 Å². The summed E-state index contributed by atoms with van der Waals surface area (Å²) in [5, 5.41) is 9.23. The third-order valence-corrected chi connectivity index (χ3v) is 4.71. The molecule has 1 atom stereocenters. The second-order valence-electron chi connectivity index (χ2n) is 6.58. The monoisotopic (exact) mass is 367 g/mol. The first-order valence-electron chi connectivity index (χ1n) is 9.18. The molecule has 6 nitrogen and oxygen atoms in total. The van der Waals surface area contributed by atoms with Crippen molar-refractivity contribution in [2.45, 2.75) is 24.9 Å². The first-order valence-corrected chi connectivity index (χ1v) is 9.18. The number of rotatable bonds is 6. The quantitative estimate of drug-likeness (QED) is 0.730. The standard InChI is InChI=1S/C21H25N3O3/c1-27-18-9-7-16(8-10-18)20(25)24-19(15-5-3-2-4-6-15)21(26)23-17-11-13-22-14-12-17/h2-10,17,19,22H,11-14H2,1H3,(H,23,26)(H,24,25)/t19-/m1/s1. The number of ether oxygens (including phenoxy) is 1. The largest absolute Gasteiger partial charge is 0.497 e. The summed E-state index contributed by atoms with van der Waals surface area (Å²) in [6, 6.07) is 15.5. The predicted octanol–water partition coefficient (Wildman–Crippen LogP) is 2.03. The lowest BCUT2D eigenvalue weighted by atomic mass is 10.0. The SMILES string of the molecule is COc1ccc(C(=O)N[C@@H](C(=O)NC2CCNCC2)c2ccccc2)cc1. The Bertz CT molecular complexity index is 756. The molecule has 1 heterocycles. The maximum absolute atomic E-state index is 12.9. The van der Waals surface area contributed by atoms with Crippen LogP contribution in [0, 0.1) is 0 Å². The van der Waals surface area contributed by atoms with E-state index in [9.17, 15) is 9.59 Å². The number of carbonyl (C=O) groups is 2. The number of hydrogen-bond donors (Lipinski definition) is 3. The van der Waals surface area contributed by atoms with Crippen molar-refractivity contribution in [1.82, 2.24) is 16.0 Å². The maximum Gasteiger partial charge on any atom is 0.252 e. The van der Waals surface area contributed by atoms with Gasteiger partial charge in [0.1, 0.15) is 11.8 Å². The Morgan fingerprint density at radius 2 is 1.70 bits per heavy atom. The number of nitrogens with one attached hydrogen (secondary N) is 3. The molecule has 1 aliphatic heterocycles. The van der Waals surface area contributed by atoms with Crippen LogP contribution < -0.4 is 20.7 Å². The molecule has 0 aromatic heterocycles. The van der Waals surface area contributed by atoms with Crippen LogP contribution in [0.15, 0.2) is 54.6 Å². The van der Waals surface area contributed by atoms with E-state index in [1.807, 2.05) is 30.3 Å². The lowest BCUT2D eigenvalue weighted by Gasteiger charge is -2.26. The summed E-state index contributed by atoms with van der Waals surface area (Å²) in [4.78, 5) is 25.6. The molecule has 0 radical (unpaired) electrons. The van der Waals surface area contributed by atoms with Crippen molar-refractivity contribution in [1.29, 1.82) is 0 Å². The fraction of sp³-hybridized carbons (Fsp3) is 0.333. The molecule has 2 aromatic rings. The fourth-order valence-corrected chi connectivity index (χ4v) is 3.15. The van der Waals surface area contributed by atoms with E-state index in [0.29, 0.717) is 11.3 Å². The Balaban J connectivity index is 1.74. The highest BCUT2D eigenvalue weighted by molar-refractivity contribution is 5.98. The fourth-order valence-electron chi connectivity index (χ4n) is 3.15. The Hall–Kier alpha value is -2.86. The molecule has 27 heavy (non-hydrogen) atoms. The van der Waals surface area contributed by atoms with Gasteiger partial charge in [-0.25, -0.2) is 0 Å². The third kappa shape index (κ3) is 5.08. The summed E-state index contributed by atoms with van der Waals surface area (Å²) < 4.78 is 5.12. The van der Waals surface area contributed by atoms with E-state index in [1.54, 1.807) is 31.4 Å². The summed E-state index contributed by atoms with van der Waals surface area (Å²) in [6.45, 7) is 1.78.